The van der Waals surface area contributed by atoms with E-state index in [1.165, 1.54) is 11.0 Å². The molecule has 0 unspecified atom stereocenters. The molecular formula is C24H18ClFN4O4S. The third-order valence-corrected chi connectivity index (χ3v) is 7.63. The highest BCUT2D eigenvalue weighted by molar-refractivity contribution is 7.91. The third kappa shape index (κ3) is 4.43. The normalized spacial score (nSPS) is 17.2. The van der Waals surface area contributed by atoms with Crippen LogP contribution in [-0.2, 0) is 21.2 Å². The van der Waals surface area contributed by atoms with Crippen molar-refractivity contribution in [1.82, 2.24) is 10.2 Å². The number of sulfone groups is 1. The SMILES string of the molecule is N[C@H]1CS(=O)(=O)c2cc(F)c(-c3nnc(-c4ccccc4)o3)cc2N(Cc2ccc(Cl)cc2)C1=O. The summed E-state index contributed by atoms with van der Waals surface area (Å²) in [6.07, 6.45) is 0. The van der Waals surface area contributed by atoms with Gasteiger partial charge < -0.3 is 15.1 Å². The van der Waals surface area contributed by atoms with Gasteiger partial charge in [-0.2, -0.15) is 0 Å². The van der Waals surface area contributed by atoms with Crippen molar-refractivity contribution in [3.63, 3.8) is 0 Å². The summed E-state index contributed by atoms with van der Waals surface area (Å²) in [5, 5.41) is 8.41. The lowest BCUT2D eigenvalue weighted by atomic mass is 10.1. The Balaban J connectivity index is 1.64. The third-order valence-electron chi connectivity index (χ3n) is 5.59. The van der Waals surface area contributed by atoms with Crippen LogP contribution in [-0.4, -0.2) is 36.3 Å². The van der Waals surface area contributed by atoms with Crippen LogP contribution in [0.25, 0.3) is 22.9 Å². The predicted molar refractivity (Wildman–Crippen MR) is 128 cm³/mol. The number of amides is 1. The number of hydrogen-bond acceptors (Lipinski definition) is 7. The molecule has 3 aromatic carbocycles. The first-order chi connectivity index (χ1) is 16.7. The number of aromatic nitrogens is 2. The Kier molecular flexibility index (Phi) is 5.87. The van der Waals surface area contributed by atoms with Crippen molar-refractivity contribution >= 4 is 33.0 Å². The Morgan fingerprint density at radius 3 is 2.46 bits per heavy atom. The molecule has 8 nitrogen and oxygen atoms in total. The fraction of sp³-hybridized carbons (Fsp3) is 0.125. The smallest absolute Gasteiger partial charge is 0.251 e. The Morgan fingerprint density at radius 2 is 1.74 bits per heavy atom. The van der Waals surface area contributed by atoms with Gasteiger partial charge >= 0.3 is 0 Å². The lowest BCUT2D eigenvalue weighted by Gasteiger charge is -2.24. The van der Waals surface area contributed by atoms with Gasteiger partial charge in [0.05, 0.1) is 34.5 Å². The van der Waals surface area contributed by atoms with E-state index in [9.17, 15) is 13.2 Å². The quantitative estimate of drug-likeness (QED) is 0.441. The second-order valence-electron chi connectivity index (χ2n) is 8.02. The van der Waals surface area contributed by atoms with Gasteiger partial charge in [0.25, 0.3) is 5.89 Å². The second kappa shape index (κ2) is 8.88. The maximum absolute atomic E-state index is 15.2. The molecule has 178 valence electrons. The average Bonchev–Trinajstić information content (AvgIpc) is 3.31. The fourth-order valence-corrected chi connectivity index (χ4v) is 5.54. The maximum atomic E-state index is 15.2. The molecule has 2 N–H and O–H groups in total. The number of carbonyl (C=O) groups excluding carboxylic acids is 1. The van der Waals surface area contributed by atoms with E-state index in [4.69, 9.17) is 21.8 Å². The minimum atomic E-state index is -4.07. The monoisotopic (exact) mass is 512 g/mol. The number of fused-ring (bicyclic) bond motifs is 1. The summed E-state index contributed by atoms with van der Waals surface area (Å²) >= 11 is 5.96. The molecule has 0 spiro atoms. The zero-order valence-corrected chi connectivity index (χ0v) is 19.6. The van der Waals surface area contributed by atoms with Crippen molar-refractivity contribution in [2.75, 3.05) is 10.7 Å². The molecule has 4 aromatic rings. The first kappa shape index (κ1) is 23.2. The molecule has 35 heavy (non-hydrogen) atoms. The molecule has 1 aromatic heterocycles. The van der Waals surface area contributed by atoms with Gasteiger partial charge in [-0.1, -0.05) is 41.9 Å². The zero-order chi connectivity index (χ0) is 24.7. The van der Waals surface area contributed by atoms with Gasteiger partial charge in [0, 0.05) is 10.6 Å². The molecule has 0 fully saturated rings. The summed E-state index contributed by atoms with van der Waals surface area (Å²) in [6.45, 7) is -0.00358. The largest absolute Gasteiger partial charge is 0.416 e. The van der Waals surface area contributed by atoms with Gasteiger partial charge in [-0.05, 0) is 42.0 Å². The van der Waals surface area contributed by atoms with Crippen LogP contribution in [0, 0.1) is 5.82 Å². The van der Waals surface area contributed by atoms with Gasteiger partial charge in [0.1, 0.15) is 5.82 Å². The number of halogens is 2. The minimum Gasteiger partial charge on any atom is -0.416 e. The van der Waals surface area contributed by atoms with Crippen LogP contribution >= 0.6 is 11.6 Å². The van der Waals surface area contributed by atoms with Crippen molar-refractivity contribution in [2.24, 2.45) is 5.73 Å². The van der Waals surface area contributed by atoms with Crippen LogP contribution < -0.4 is 10.6 Å². The summed E-state index contributed by atoms with van der Waals surface area (Å²) < 4.78 is 46.8. The van der Waals surface area contributed by atoms with Gasteiger partial charge in [0.2, 0.25) is 11.8 Å². The summed E-state index contributed by atoms with van der Waals surface area (Å²) in [5.74, 6) is -2.14. The highest BCUT2D eigenvalue weighted by Gasteiger charge is 2.37. The van der Waals surface area contributed by atoms with Crippen LogP contribution in [0.5, 0.6) is 0 Å². The van der Waals surface area contributed by atoms with Crippen LogP contribution in [0.3, 0.4) is 0 Å². The molecule has 1 aliphatic heterocycles. The highest BCUT2D eigenvalue weighted by Crippen LogP contribution is 2.37. The zero-order valence-electron chi connectivity index (χ0n) is 18.1. The molecule has 1 atom stereocenters. The Labute approximate surface area is 205 Å². The topological polar surface area (TPSA) is 119 Å². The number of anilines is 1. The van der Waals surface area contributed by atoms with E-state index < -0.39 is 33.4 Å². The van der Waals surface area contributed by atoms with Crippen LogP contribution in [0.1, 0.15) is 5.56 Å². The van der Waals surface area contributed by atoms with Crippen LogP contribution in [0.2, 0.25) is 5.02 Å². The molecule has 2 heterocycles. The van der Waals surface area contributed by atoms with Crippen molar-refractivity contribution in [2.45, 2.75) is 17.5 Å². The first-order valence-corrected chi connectivity index (χ1v) is 12.5. The lowest BCUT2D eigenvalue weighted by Crippen LogP contribution is -2.45. The van der Waals surface area contributed by atoms with E-state index in [0.29, 0.717) is 16.1 Å². The Morgan fingerprint density at radius 1 is 1.06 bits per heavy atom. The molecule has 0 aliphatic carbocycles. The van der Waals surface area contributed by atoms with E-state index in [1.54, 1.807) is 48.5 Å². The molecule has 1 amide bonds. The molecule has 1 aliphatic rings. The molecule has 0 bridgehead atoms. The summed E-state index contributed by atoms with van der Waals surface area (Å²) in [5.41, 5.74) is 7.08. The number of nitrogens with two attached hydrogens (primary N) is 1. The Hall–Kier alpha value is -3.60. The van der Waals surface area contributed by atoms with Crippen molar-refractivity contribution < 1.29 is 22.0 Å². The highest BCUT2D eigenvalue weighted by atomic mass is 35.5. The van der Waals surface area contributed by atoms with E-state index in [1.807, 2.05) is 6.07 Å². The number of rotatable bonds is 4. The molecule has 11 heteroatoms. The van der Waals surface area contributed by atoms with Gasteiger partial charge in [-0.25, -0.2) is 12.8 Å². The summed E-state index contributed by atoms with van der Waals surface area (Å²) in [4.78, 5) is 14.0. The molecule has 5 rings (SSSR count). The fourth-order valence-electron chi connectivity index (χ4n) is 3.85. The molecule has 0 saturated heterocycles. The first-order valence-electron chi connectivity index (χ1n) is 10.5. The predicted octanol–water partition coefficient (Wildman–Crippen LogP) is 3.84. The van der Waals surface area contributed by atoms with Crippen molar-refractivity contribution in [1.29, 1.82) is 0 Å². The van der Waals surface area contributed by atoms with E-state index in [0.717, 1.165) is 6.07 Å². The molecular weight excluding hydrogens is 495 g/mol. The van der Waals surface area contributed by atoms with Gasteiger partial charge in [-0.15, -0.1) is 10.2 Å². The van der Waals surface area contributed by atoms with Gasteiger partial charge in [-0.3, -0.25) is 4.79 Å². The Bertz CT molecular complexity index is 1530. The molecule has 0 radical (unpaired) electrons. The number of carbonyl (C=O) groups is 1. The maximum Gasteiger partial charge on any atom is 0.251 e. The summed E-state index contributed by atoms with van der Waals surface area (Å²) in [6, 6.07) is 16.4. The van der Waals surface area contributed by atoms with E-state index >= 15 is 4.39 Å². The van der Waals surface area contributed by atoms with Crippen molar-refractivity contribution in [3.8, 4) is 22.9 Å². The minimum absolute atomic E-state index is 0.00358. The van der Waals surface area contributed by atoms with E-state index in [-0.39, 0.29) is 34.5 Å². The lowest BCUT2D eigenvalue weighted by molar-refractivity contribution is -0.119. The second-order valence-corrected chi connectivity index (χ2v) is 10.5. The average molecular weight is 513 g/mol. The van der Waals surface area contributed by atoms with Crippen LogP contribution in [0.15, 0.2) is 76.0 Å². The number of hydrogen-bond donors (Lipinski definition) is 1. The van der Waals surface area contributed by atoms with Gasteiger partial charge in [0.15, 0.2) is 9.84 Å². The van der Waals surface area contributed by atoms with Crippen LogP contribution in [0.4, 0.5) is 10.1 Å². The number of benzene rings is 3. The summed E-state index contributed by atoms with van der Waals surface area (Å²) in [7, 11) is -4.07. The van der Waals surface area contributed by atoms with E-state index in [2.05, 4.69) is 10.2 Å². The van der Waals surface area contributed by atoms with Crippen molar-refractivity contribution in [3.05, 3.63) is 83.1 Å². The standard InChI is InChI=1S/C24H18ClFN4O4S/c25-16-8-6-14(7-9-16)12-30-20-10-17(23-29-28-22(34-23)15-4-2-1-3-5-15)18(26)11-21(20)35(32,33)13-19(27)24(30)31/h1-11,19H,12-13,27H2/t19-/m0/s1. The number of nitrogens with zero attached hydrogens (tertiary/aromatic N) is 3. The molecule has 0 saturated carbocycles.